The molecule has 0 saturated heterocycles. The maximum atomic E-state index is 11.6. The summed E-state index contributed by atoms with van der Waals surface area (Å²) in [5, 5.41) is 8.72. The standard InChI is InChI=1S/C8H12FNO2/c9-5-1-2-6-3-4-8(6,10)7(11)12/h1,5-6H,2-4,10H2,(H,11,12). The Morgan fingerprint density at radius 3 is 2.83 bits per heavy atom. The van der Waals surface area contributed by atoms with Crippen LogP contribution in [0.3, 0.4) is 0 Å². The van der Waals surface area contributed by atoms with E-state index in [2.05, 4.69) is 0 Å². The topological polar surface area (TPSA) is 63.3 Å². The fraction of sp³-hybridized carbons (Fsp3) is 0.625. The number of nitrogens with two attached hydrogens (primary N) is 1. The number of hydrogen-bond acceptors (Lipinski definition) is 2. The minimum atomic E-state index is -1.11. The molecule has 0 aliphatic heterocycles. The largest absolute Gasteiger partial charge is 0.480 e. The Morgan fingerprint density at radius 2 is 2.50 bits per heavy atom. The number of rotatable bonds is 3. The monoisotopic (exact) mass is 173 g/mol. The van der Waals surface area contributed by atoms with E-state index in [1.165, 1.54) is 6.08 Å². The van der Waals surface area contributed by atoms with Crippen molar-refractivity contribution in [2.24, 2.45) is 11.7 Å². The van der Waals surface area contributed by atoms with E-state index in [4.69, 9.17) is 10.8 Å². The van der Waals surface area contributed by atoms with Crippen LogP contribution in [0, 0.1) is 5.92 Å². The van der Waals surface area contributed by atoms with Crippen molar-refractivity contribution in [2.75, 3.05) is 0 Å². The summed E-state index contributed by atoms with van der Waals surface area (Å²) < 4.78 is 11.6. The molecular formula is C8H12FNO2. The third-order valence-electron chi connectivity index (χ3n) is 2.54. The third-order valence-corrected chi connectivity index (χ3v) is 2.54. The maximum absolute atomic E-state index is 11.6. The second-order valence-corrected chi connectivity index (χ2v) is 3.18. The average Bonchev–Trinajstić information content (AvgIpc) is 2.01. The maximum Gasteiger partial charge on any atom is 0.323 e. The van der Waals surface area contributed by atoms with Gasteiger partial charge in [-0.2, -0.15) is 0 Å². The lowest BCUT2D eigenvalue weighted by atomic mass is 9.66. The van der Waals surface area contributed by atoms with Gasteiger partial charge in [-0.1, -0.05) is 6.08 Å². The van der Waals surface area contributed by atoms with Gasteiger partial charge in [-0.25, -0.2) is 4.39 Å². The lowest BCUT2D eigenvalue weighted by molar-refractivity contribution is -0.150. The zero-order valence-corrected chi connectivity index (χ0v) is 6.66. The summed E-state index contributed by atoms with van der Waals surface area (Å²) in [6.45, 7) is 0. The molecule has 4 heteroatoms. The summed E-state index contributed by atoms with van der Waals surface area (Å²) in [5.41, 5.74) is 4.46. The molecule has 0 amide bonds. The van der Waals surface area contributed by atoms with Crippen LogP contribution in [0.25, 0.3) is 0 Å². The molecule has 2 atom stereocenters. The Morgan fingerprint density at radius 1 is 1.83 bits per heavy atom. The Bertz CT molecular complexity index is 217. The van der Waals surface area contributed by atoms with Gasteiger partial charge in [0.15, 0.2) is 0 Å². The van der Waals surface area contributed by atoms with E-state index in [-0.39, 0.29) is 5.92 Å². The first-order valence-electron chi connectivity index (χ1n) is 3.88. The molecule has 1 rings (SSSR count). The van der Waals surface area contributed by atoms with E-state index < -0.39 is 11.5 Å². The normalized spacial score (nSPS) is 35.0. The SMILES string of the molecule is NC1(C(=O)O)CCC1CC=CF. The van der Waals surface area contributed by atoms with Crippen LogP contribution in [-0.4, -0.2) is 16.6 Å². The Kier molecular flexibility index (Phi) is 2.47. The summed E-state index contributed by atoms with van der Waals surface area (Å²) in [6.07, 6.45) is 3.43. The molecule has 1 saturated carbocycles. The second kappa shape index (κ2) is 3.23. The highest BCUT2D eigenvalue weighted by Gasteiger charge is 2.48. The Hall–Kier alpha value is -0.900. The highest BCUT2D eigenvalue weighted by Crippen LogP contribution is 2.39. The lowest BCUT2D eigenvalue weighted by Gasteiger charge is -2.42. The molecule has 2 unspecified atom stereocenters. The van der Waals surface area contributed by atoms with Crippen LogP contribution in [0.1, 0.15) is 19.3 Å². The van der Waals surface area contributed by atoms with Crippen LogP contribution in [0.4, 0.5) is 4.39 Å². The summed E-state index contributed by atoms with van der Waals surface area (Å²) in [6, 6.07) is 0. The molecule has 68 valence electrons. The highest BCUT2D eigenvalue weighted by molar-refractivity contribution is 5.80. The number of allylic oxidation sites excluding steroid dienone is 1. The van der Waals surface area contributed by atoms with E-state index in [0.717, 1.165) is 6.42 Å². The first-order chi connectivity index (χ1) is 5.61. The molecule has 0 aromatic heterocycles. The third kappa shape index (κ3) is 1.34. The molecular weight excluding hydrogens is 161 g/mol. The van der Waals surface area contributed by atoms with Crippen molar-refractivity contribution in [3.8, 4) is 0 Å². The molecule has 12 heavy (non-hydrogen) atoms. The van der Waals surface area contributed by atoms with E-state index in [1.807, 2.05) is 0 Å². The minimum Gasteiger partial charge on any atom is -0.480 e. The van der Waals surface area contributed by atoms with Crippen LogP contribution in [0.2, 0.25) is 0 Å². The molecule has 1 aliphatic rings. The molecule has 1 aliphatic carbocycles. The van der Waals surface area contributed by atoms with Crippen molar-refractivity contribution in [3.63, 3.8) is 0 Å². The molecule has 0 radical (unpaired) electrons. The molecule has 1 fully saturated rings. The van der Waals surface area contributed by atoms with Crippen LogP contribution in [-0.2, 0) is 4.79 Å². The summed E-state index contributed by atoms with van der Waals surface area (Å²) in [4.78, 5) is 10.6. The highest BCUT2D eigenvalue weighted by atomic mass is 19.1. The number of aliphatic carboxylic acids is 1. The molecule has 0 aromatic rings. The van der Waals surface area contributed by atoms with Crippen molar-refractivity contribution < 1.29 is 14.3 Å². The smallest absolute Gasteiger partial charge is 0.323 e. The van der Waals surface area contributed by atoms with Crippen LogP contribution < -0.4 is 5.73 Å². The zero-order valence-electron chi connectivity index (χ0n) is 6.66. The number of carboxylic acids is 1. The number of carbonyl (C=O) groups is 1. The number of halogens is 1. The average molecular weight is 173 g/mol. The van der Waals surface area contributed by atoms with Crippen molar-refractivity contribution in [1.82, 2.24) is 0 Å². The van der Waals surface area contributed by atoms with E-state index >= 15 is 0 Å². The Labute approximate surface area is 70.1 Å². The molecule has 3 nitrogen and oxygen atoms in total. The van der Waals surface area contributed by atoms with Gasteiger partial charge < -0.3 is 10.8 Å². The van der Waals surface area contributed by atoms with Gasteiger partial charge in [-0.3, -0.25) is 4.79 Å². The van der Waals surface area contributed by atoms with Gasteiger partial charge in [0.1, 0.15) is 5.54 Å². The van der Waals surface area contributed by atoms with Crippen LogP contribution in [0.5, 0.6) is 0 Å². The predicted octanol–water partition coefficient (Wildman–Crippen LogP) is 1.05. The summed E-state index contributed by atoms with van der Waals surface area (Å²) in [5.74, 6) is -1.09. The van der Waals surface area contributed by atoms with E-state index in [0.29, 0.717) is 19.2 Å². The minimum absolute atomic E-state index is 0.109. The fourth-order valence-electron chi connectivity index (χ4n) is 1.48. The zero-order chi connectivity index (χ0) is 9.19. The summed E-state index contributed by atoms with van der Waals surface area (Å²) >= 11 is 0. The first kappa shape index (κ1) is 9.19. The summed E-state index contributed by atoms with van der Waals surface area (Å²) in [7, 11) is 0. The van der Waals surface area contributed by atoms with E-state index in [9.17, 15) is 9.18 Å². The molecule has 0 bridgehead atoms. The predicted molar refractivity (Wildman–Crippen MR) is 42.1 cm³/mol. The molecule has 3 N–H and O–H groups in total. The van der Waals surface area contributed by atoms with Crippen LogP contribution in [0.15, 0.2) is 12.4 Å². The molecule has 0 aromatic carbocycles. The molecule has 0 heterocycles. The van der Waals surface area contributed by atoms with Crippen molar-refractivity contribution >= 4 is 5.97 Å². The van der Waals surface area contributed by atoms with Gasteiger partial charge in [-0.15, -0.1) is 0 Å². The number of hydrogen-bond donors (Lipinski definition) is 2. The second-order valence-electron chi connectivity index (χ2n) is 3.18. The fourth-order valence-corrected chi connectivity index (χ4v) is 1.48. The lowest BCUT2D eigenvalue weighted by Crippen LogP contribution is -2.60. The van der Waals surface area contributed by atoms with Gasteiger partial charge in [0.25, 0.3) is 0 Å². The first-order valence-corrected chi connectivity index (χ1v) is 3.88. The quantitative estimate of drug-likeness (QED) is 0.670. The van der Waals surface area contributed by atoms with Gasteiger partial charge in [-0.05, 0) is 25.2 Å². The number of carboxylic acid groups (broad SMARTS) is 1. The van der Waals surface area contributed by atoms with E-state index in [1.54, 1.807) is 0 Å². The van der Waals surface area contributed by atoms with Crippen molar-refractivity contribution in [2.45, 2.75) is 24.8 Å². The Balaban J connectivity index is 2.53. The van der Waals surface area contributed by atoms with Crippen LogP contribution >= 0.6 is 0 Å². The molecule has 0 spiro atoms. The van der Waals surface area contributed by atoms with Gasteiger partial charge >= 0.3 is 5.97 Å². The van der Waals surface area contributed by atoms with Crippen molar-refractivity contribution in [3.05, 3.63) is 12.4 Å². The van der Waals surface area contributed by atoms with Gasteiger partial charge in [0, 0.05) is 0 Å². The van der Waals surface area contributed by atoms with Gasteiger partial charge in [0.2, 0.25) is 0 Å². The van der Waals surface area contributed by atoms with Crippen molar-refractivity contribution in [1.29, 1.82) is 0 Å². The van der Waals surface area contributed by atoms with Gasteiger partial charge in [0.05, 0.1) is 6.33 Å².